The Morgan fingerprint density at radius 1 is 1.73 bits per heavy atom. The Morgan fingerprint density at radius 3 is 2.64 bits per heavy atom. The fourth-order valence-electron chi connectivity index (χ4n) is 0.390. The first kappa shape index (κ1) is 14.1. The molecule has 0 radical (unpaired) electrons. The number of nitrogens with zero attached hydrogens (tertiary/aromatic N) is 1. The predicted molar refractivity (Wildman–Crippen MR) is 37.2 cm³/mol. The van der Waals surface area contributed by atoms with Crippen molar-refractivity contribution in [3.8, 4) is 0 Å². The van der Waals surface area contributed by atoms with E-state index in [-0.39, 0.29) is 35.7 Å². The monoisotopic (exact) mass is 186 g/mol. The van der Waals surface area contributed by atoms with E-state index in [4.69, 9.17) is 0 Å². The second kappa shape index (κ2) is 8.62. The Labute approximate surface area is 89.2 Å². The first-order valence-electron chi connectivity index (χ1n) is 2.94. The van der Waals surface area contributed by atoms with Crippen molar-refractivity contribution in [3.63, 3.8) is 0 Å². The van der Waals surface area contributed by atoms with Crippen molar-refractivity contribution in [3.05, 3.63) is 0 Å². The molecule has 0 aromatic heterocycles. The molecule has 4 nitrogen and oxygen atoms in total. The van der Waals surface area contributed by atoms with Crippen LogP contribution in [0.4, 0.5) is 0 Å². The zero-order valence-electron chi connectivity index (χ0n) is 7.03. The third kappa shape index (κ3) is 10.5. The summed E-state index contributed by atoms with van der Waals surface area (Å²) in [4.78, 5) is 14.7. The molecule has 0 aliphatic rings. The maximum atomic E-state index is 10.1. The summed E-state index contributed by atoms with van der Waals surface area (Å²) in [7, 11) is -2.37. The van der Waals surface area contributed by atoms with E-state index in [2.05, 4.69) is 9.99 Å². The molecule has 0 heterocycles. The summed E-state index contributed by atoms with van der Waals surface area (Å²) in [5, 5.41) is 3.52. The second-order valence-electron chi connectivity index (χ2n) is 1.74. The largest absolute Gasteiger partial charge is 1.00 e. The zero-order valence-corrected chi connectivity index (χ0v) is 9.93. The molecule has 0 amide bonds. The smallest absolute Gasteiger partial charge is 0.595 e. The molecule has 58 valence electrons. The van der Waals surface area contributed by atoms with Crippen molar-refractivity contribution in [2.45, 2.75) is 13.8 Å². The number of rotatable bonds is 4. The van der Waals surface area contributed by atoms with Gasteiger partial charge in [-0.1, -0.05) is 9.72 Å². The van der Waals surface area contributed by atoms with Gasteiger partial charge in [-0.15, -0.1) is 0 Å². The summed E-state index contributed by atoms with van der Waals surface area (Å²) >= 11 is 0. The molecule has 0 aliphatic carbocycles. The van der Waals surface area contributed by atoms with Crippen LogP contribution in [-0.2, 0) is 9.40 Å². The second-order valence-corrected chi connectivity index (χ2v) is 2.72. The van der Waals surface area contributed by atoms with Crippen LogP contribution in [0, 0.1) is 0 Å². The molecule has 0 bridgehead atoms. The topological polar surface area (TPSA) is 61.7 Å². The normalized spacial score (nSPS) is 11.9. The average Bonchev–Trinajstić information content (AvgIpc) is 1.82. The molecule has 1 atom stereocenters. The predicted octanol–water partition coefficient (Wildman–Crippen LogP) is -2.49. The van der Waals surface area contributed by atoms with Crippen molar-refractivity contribution in [2.24, 2.45) is 5.16 Å². The molecule has 1 unspecified atom stereocenters. The van der Waals surface area contributed by atoms with Crippen LogP contribution in [0.25, 0.3) is 0 Å². The zero-order chi connectivity index (χ0) is 7.98. The maximum absolute atomic E-state index is 10.1. The minimum atomic E-state index is -2.37. The molecule has 0 aliphatic heterocycles. The van der Waals surface area contributed by atoms with Crippen LogP contribution in [0.5, 0.6) is 0 Å². The quantitative estimate of drug-likeness (QED) is 0.211. The van der Waals surface area contributed by atoms with Crippen molar-refractivity contribution < 1.29 is 43.9 Å². The van der Waals surface area contributed by atoms with Crippen molar-refractivity contribution in [2.75, 3.05) is 12.8 Å². The van der Waals surface area contributed by atoms with Gasteiger partial charge in [0.2, 0.25) is 0 Å². The van der Waals surface area contributed by atoms with Gasteiger partial charge >= 0.3 is 37.6 Å². The minimum absolute atomic E-state index is 0. The van der Waals surface area contributed by atoms with Crippen LogP contribution in [0.2, 0.25) is 0 Å². The summed E-state index contributed by atoms with van der Waals surface area (Å²) in [6, 6.07) is 0. The van der Waals surface area contributed by atoms with Crippen LogP contribution in [-0.4, -0.2) is 18.5 Å². The standard InChI is InChI=1S/C5H10NO3P.Na/c1-3-9-6-5(2)4-10(7)8;/h3-4H2,1-2H3;/q;+1. The Bertz CT molecular complexity index is 151. The molecular weight excluding hydrogens is 176 g/mol. The van der Waals surface area contributed by atoms with Gasteiger partial charge in [0.05, 0.1) is 0 Å². The Morgan fingerprint density at radius 2 is 2.27 bits per heavy atom. The van der Waals surface area contributed by atoms with E-state index in [0.29, 0.717) is 12.3 Å². The van der Waals surface area contributed by atoms with Crippen LogP contribution < -0.4 is 34.5 Å². The van der Waals surface area contributed by atoms with E-state index in [1.807, 2.05) is 0 Å². The SMILES string of the molecule is CCON=C(C)C[P+](=O)[O-].[Na+]. The van der Waals surface area contributed by atoms with Crippen molar-refractivity contribution in [1.82, 2.24) is 0 Å². The Balaban J connectivity index is 0. The molecular formula is C5H10NNaO3P+. The number of hydrogen-bond acceptors (Lipinski definition) is 4. The molecule has 6 heteroatoms. The fourth-order valence-corrected chi connectivity index (χ4v) is 0.822. The number of hydrogen-bond donors (Lipinski definition) is 0. The molecule has 0 rings (SSSR count). The van der Waals surface area contributed by atoms with Gasteiger partial charge < -0.3 is 9.73 Å². The van der Waals surface area contributed by atoms with E-state index in [1.165, 1.54) is 0 Å². The molecule has 0 saturated carbocycles. The summed E-state index contributed by atoms with van der Waals surface area (Å²) in [5.74, 6) is 0. The molecule has 0 saturated heterocycles. The van der Waals surface area contributed by atoms with E-state index >= 15 is 0 Å². The van der Waals surface area contributed by atoms with E-state index < -0.39 is 8.03 Å². The van der Waals surface area contributed by atoms with Gasteiger partial charge in [0.25, 0.3) is 0 Å². The Kier molecular flexibility index (Phi) is 11.0. The van der Waals surface area contributed by atoms with Crippen LogP contribution in [0.3, 0.4) is 0 Å². The van der Waals surface area contributed by atoms with Crippen molar-refractivity contribution >= 4 is 13.7 Å². The number of oxime groups is 1. The van der Waals surface area contributed by atoms with E-state index in [1.54, 1.807) is 13.8 Å². The van der Waals surface area contributed by atoms with Gasteiger partial charge in [0.15, 0.2) is 6.16 Å². The fraction of sp³-hybridized carbons (Fsp3) is 0.800. The van der Waals surface area contributed by atoms with Crippen molar-refractivity contribution in [1.29, 1.82) is 0 Å². The third-order valence-electron chi connectivity index (χ3n) is 0.707. The summed E-state index contributed by atoms with van der Waals surface area (Å²) in [6.45, 7) is 3.86. The Hall–Kier alpha value is 0.530. The molecule has 0 aromatic rings. The van der Waals surface area contributed by atoms with Gasteiger partial charge in [-0.25, -0.2) is 0 Å². The van der Waals surface area contributed by atoms with Gasteiger partial charge in [-0.05, 0) is 13.8 Å². The first-order chi connectivity index (χ1) is 4.66. The van der Waals surface area contributed by atoms with Crippen LogP contribution >= 0.6 is 8.03 Å². The first-order valence-corrected chi connectivity index (χ1v) is 4.30. The molecule has 11 heavy (non-hydrogen) atoms. The molecule has 0 aromatic carbocycles. The summed E-state index contributed by atoms with van der Waals surface area (Å²) in [6.07, 6.45) is -0.0185. The molecule has 0 spiro atoms. The summed E-state index contributed by atoms with van der Waals surface area (Å²) in [5.41, 5.74) is 0.484. The van der Waals surface area contributed by atoms with Crippen LogP contribution in [0.1, 0.15) is 13.8 Å². The minimum Gasteiger partial charge on any atom is -0.595 e. The molecule has 0 N–H and O–H groups in total. The van der Waals surface area contributed by atoms with Gasteiger partial charge in [0, 0.05) is 0 Å². The van der Waals surface area contributed by atoms with Crippen LogP contribution in [0.15, 0.2) is 5.16 Å². The average molecular weight is 186 g/mol. The van der Waals surface area contributed by atoms with Gasteiger partial charge in [-0.3, -0.25) is 0 Å². The molecule has 0 fully saturated rings. The third-order valence-corrected chi connectivity index (χ3v) is 1.42. The van der Waals surface area contributed by atoms with Gasteiger partial charge in [-0.2, -0.15) is 0 Å². The van der Waals surface area contributed by atoms with Gasteiger partial charge in [0.1, 0.15) is 12.3 Å². The van der Waals surface area contributed by atoms with E-state index in [0.717, 1.165) is 0 Å². The maximum Gasteiger partial charge on any atom is 1.00 e. The van der Waals surface area contributed by atoms with E-state index in [9.17, 15) is 9.46 Å². The summed E-state index contributed by atoms with van der Waals surface area (Å²) < 4.78 is 10.1.